The Balaban J connectivity index is 2.18. The average Bonchev–Trinajstić information content (AvgIpc) is 2.47. The first-order valence-corrected chi connectivity index (χ1v) is 6.92. The van der Waals surface area contributed by atoms with E-state index in [1.807, 2.05) is 5.32 Å². The monoisotopic (exact) mass is 344 g/mol. The molecule has 1 amide bonds. The highest BCUT2D eigenvalue weighted by molar-refractivity contribution is 6.30. The van der Waals surface area contributed by atoms with E-state index in [1.54, 1.807) is 0 Å². The maximum absolute atomic E-state index is 13.2. The van der Waals surface area contributed by atoms with Crippen molar-refractivity contribution in [2.24, 2.45) is 0 Å². The molecule has 2 rings (SSSR count). The summed E-state index contributed by atoms with van der Waals surface area (Å²) in [6.07, 6.45) is -3.35. The number of carbonyl (C=O) groups is 1. The van der Waals surface area contributed by atoms with Crippen molar-refractivity contribution in [1.82, 2.24) is 9.88 Å². The van der Waals surface area contributed by atoms with Crippen LogP contribution in [0.1, 0.15) is 11.6 Å². The molecule has 0 saturated carbocycles. The molecule has 0 aliphatic heterocycles. The van der Waals surface area contributed by atoms with Crippen LogP contribution in [0.4, 0.5) is 13.2 Å². The van der Waals surface area contributed by atoms with Crippen LogP contribution in [-0.4, -0.2) is 16.7 Å². The van der Waals surface area contributed by atoms with E-state index in [1.165, 1.54) is 48.7 Å². The van der Waals surface area contributed by atoms with Gasteiger partial charge in [-0.1, -0.05) is 29.8 Å². The number of benzene rings is 1. The Kier molecular flexibility index (Phi) is 5.10. The fourth-order valence-corrected chi connectivity index (χ4v) is 2.09. The summed E-state index contributed by atoms with van der Waals surface area (Å²) in [5.74, 6) is -0.921. The van der Waals surface area contributed by atoms with Crippen LogP contribution < -0.4 is 10.9 Å². The van der Waals surface area contributed by atoms with E-state index in [0.717, 1.165) is 4.57 Å². The Labute approximate surface area is 134 Å². The van der Waals surface area contributed by atoms with Gasteiger partial charge in [0.1, 0.15) is 6.54 Å². The molecule has 0 fully saturated rings. The molecular weight excluding hydrogens is 333 g/mol. The lowest BCUT2D eigenvalue weighted by Gasteiger charge is -2.22. The largest absolute Gasteiger partial charge is 0.412 e. The van der Waals surface area contributed by atoms with Gasteiger partial charge in [0.2, 0.25) is 5.91 Å². The molecule has 8 heteroatoms. The van der Waals surface area contributed by atoms with Crippen molar-refractivity contribution < 1.29 is 18.0 Å². The van der Waals surface area contributed by atoms with Gasteiger partial charge in [-0.15, -0.1) is 0 Å². The lowest BCUT2D eigenvalue weighted by Crippen LogP contribution is -2.40. The van der Waals surface area contributed by atoms with Crippen LogP contribution in [0.25, 0.3) is 0 Å². The number of rotatable bonds is 4. The SMILES string of the molecule is O=C(Cn1ccccc1=O)N[C@H](c1ccc(Cl)cc1)C(F)(F)F. The maximum Gasteiger partial charge on any atom is 0.412 e. The van der Waals surface area contributed by atoms with Gasteiger partial charge < -0.3 is 9.88 Å². The van der Waals surface area contributed by atoms with Crippen LogP contribution in [-0.2, 0) is 11.3 Å². The lowest BCUT2D eigenvalue weighted by molar-refractivity contribution is -0.163. The van der Waals surface area contributed by atoms with Crippen molar-refractivity contribution in [3.8, 4) is 0 Å². The van der Waals surface area contributed by atoms with Crippen molar-refractivity contribution in [2.75, 3.05) is 0 Å². The third-order valence-corrected chi connectivity index (χ3v) is 3.30. The van der Waals surface area contributed by atoms with Gasteiger partial charge in [-0.3, -0.25) is 9.59 Å². The van der Waals surface area contributed by atoms with Gasteiger partial charge in [0, 0.05) is 17.3 Å². The first-order valence-electron chi connectivity index (χ1n) is 6.54. The first-order chi connectivity index (χ1) is 10.8. The molecule has 0 aliphatic carbocycles. The second kappa shape index (κ2) is 6.87. The molecule has 0 radical (unpaired) electrons. The highest BCUT2D eigenvalue weighted by Crippen LogP contribution is 2.33. The summed E-state index contributed by atoms with van der Waals surface area (Å²) in [5, 5.41) is 2.19. The predicted octanol–water partition coefficient (Wildman–Crippen LogP) is 2.92. The van der Waals surface area contributed by atoms with Gasteiger partial charge in [-0.05, 0) is 23.8 Å². The van der Waals surface area contributed by atoms with Crippen LogP contribution in [0, 0.1) is 0 Å². The molecular formula is C15H12ClF3N2O2. The maximum atomic E-state index is 13.2. The second-order valence-electron chi connectivity index (χ2n) is 4.76. The number of hydrogen-bond donors (Lipinski definition) is 1. The molecule has 1 atom stereocenters. The highest BCUT2D eigenvalue weighted by atomic mass is 35.5. The fraction of sp³-hybridized carbons (Fsp3) is 0.200. The van der Waals surface area contributed by atoms with Gasteiger partial charge >= 0.3 is 6.18 Å². The summed E-state index contributed by atoms with van der Waals surface area (Å²) in [5.41, 5.74) is -0.617. The molecule has 0 aliphatic rings. The number of amides is 1. The number of halogens is 4. The number of alkyl halides is 3. The number of nitrogens with zero attached hydrogens (tertiary/aromatic N) is 1. The minimum atomic E-state index is -4.68. The van der Waals surface area contributed by atoms with E-state index < -0.39 is 30.2 Å². The van der Waals surface area contributed by atoms with Crippen molar-refractivity contribution in [2.45, 2.75) is 18.8 Å². The number of hydrogen-bond acceptors (Lipinski definition) is 2. The molecule has 122 valence electrons. The zero-order valence-electron chi connectivity index (χ0n) is 11.7. The van der Waals surface area contributed by atoms with E-state index >= 15 is 0 Å². The molecule has 1 aromatic carbocycles. The molecule has 2 aromatic rings. The van der Waals surface area contributed by atoms with Crippen LogP contribution in [0.15, 0.2) is 53.5 Å². The zero-order valence-corrected chi connectivity index (χ0v) is 12.4. The molecule has 0 saturated heterocycles. The van der Waals surface area contributed by atoms with Crippen LogP contribution in [0.3, 0.4) is 0 Å². The standard InChI is InChI=1S/C15H12ClF3N2O2/c16-11-6-4-10(5-7-11)14(15(17,18)19)20-12(22)9-21-8-2-1-3-13(21)23/h1-8,14H,9H2,(H,20,22)/t14-/m1/s1. The summed E-state index contributed by atoms with van der Waals surface area (Å²) in [7, 11) is 0. The van der Waals surface area contributed by atoms with Crippen molar-refractivity contribution >= 4 is 17.5 Å². The molecule has 1 N–H and O–H groups in total. The van der Waals surface area contributed by atoms with E-state index in [2.05, 4.69) is 0 Å². The Morgan fingerprint density at radius 2 is 1.83 bits per heavy atom. The quantitative estimate of drug-likeness (QED) is 0.927. The van der Waals surface area contributed by atoms with Gasteiger partial charge in [0.05, 0.1) is 0 Å². The van der Waals surface area contributed by atoms with Gasteiger partial charge in [0.25, 0.3) is 5.56 Å². The normalized spacial score (nSPS) is 12.7. The van der Waals surface area contributed by atoms with E-state index in [4.69, 9.17) is 11.6 Å². The van der Waals surface area contributed by atoms with E-state index in [-0.39, 0.29) is 10.6 Å². The Bertz CT molecular complexity index is 741. The van der Waals surface area contributed by atoms with Crippen LogP contribution in [0.5, 0.6) is 0 Å². The van der Waals surface area contributed by atoms with E-state index in [0.29, 0.717) is 0 Å². The average molecular weight is 345 g/mol. The minimum Gasteiger partial charge on any atom is -0.339 e. The Morgan fingerprint density at radius 3 is 2.39 bits per heavy atom. The molecule has 0 spiro atoms. The summed E-state index contributed by atoms with van der Waals surface area (Å²) < 4.78 is 40.5. The highest BCUT2D eigenvalue weighted by Gasteiger charge is 2.41. The van der Waals surface area contributed by atoms with Crippen LogP contribution in [0.2, 0.25) is 5.02 Å². The van der Waals surface area contributed by atoms with Crippen molar-refractivity contribution in [1.29, 1.82) is 0 Å². The molecule has 0 bridgehead atoms. The zero-order chi connectivity index (χ0) is 17.0. The lowest BCUT2D eigenvalue weighted by atomic mass is 10.1. The van der Waals surface area contributed by atoms with Crippen LogP contribution >= 0.6 is 11.6 Å². The number of pyridine rings is 1. The molecule has 1 aromatic heterocycles. The first kappa shape index (κ1) is 17.1. The number of nitrogens with one attached hydrogen (secondary N) is 1. The minimum absolute atomic E-state index is 0.143. The summed E-state index contributed by atoms with van der Waals surface area (Å²) in [4.78, 5) is 23.4. The third kappa shape index (κ3) is 4.59. The fourth-order valence-electron chi connectivity index (χ4n) is 1.96. The molecule has 23 heavy (non-hydrogen) atoms. The van der Waals surface area contributed by atoms with Gasteiger partial charge in [-0.2, -0.15) is 13.2 Å². The second-order valence-corrected chi connectivity index (χ2v) is 5.20. The smallest absolute Gasteiger partial charge is 0.339 e. The summed E-state index contributed by atoms with van der Waals surface area (Å²) in [6.45, 7) is -0.500. The van der Waals surface area contributed by atoms with E-state index in [9.17, 15) is 22.8 Å². The number of aromatic nitrogens is 1. The Morgan fingerprint density at radius 1 is 1.17 bits per heavy atom. The van der Waals surface area contributed by atoms with Gasteiger partial charge in [-0.25, -0.2) is 0 Å². The summed E-state index contributed by atoms with van der Waals surface area (Å²) >= 11 is 5.65. The summed E-state index contributed by atoms with van der Waals surface area (Å²) in [6, 6.07) is 7.02. The predicted molar refractivity (Wildman–Crippen MR) is 79.1 cm³/mol. The topological polar surface area (TPSA) is 51.1 Å². The third-order valence-electron chi connectivity index (χ3n) is 3.05. The van der Waals surface area contributed by atoms with Crippen molar-refractivity contribution in [3.63, 3.8) is 0 Å². The molecule has 0 unspecified atom stereocenters. The number of carbonyl (C=O) groups excluding carboxylic acids is 1. The Hall–Kier alpha value is -2.28. The van der Waals surface area contributed by atoms with Crippen molar-refractivity contribution in [3.05, 3.63) is 69.6 Å². The molecule has 4 nitrogen and oxygen atoms in total. The molecule has 1 heterocycles. The van der Waals surface area contributed by atoms with Gasteiger partial charge in [0.15, 0.2) is 6.04 Å².